The van der Waals surface area contributed by atoms with E-state index in [4.69, 9.17) is 5.73 Å². The van der Waals surface area contributed by atoms with Crippen LogP contribution in [-0.2, 0) is 22.6 Å². The van der Waals surface area contributed by atoms with E-state index in [0.29, 0.717) is 11.8 Å². The van der Waals surface area contributed by atoms with Crippen LogP contribution in [0.5, 0.6) is 0 Å². The molecule has 1 amide bonds. The van der Waals surface area contributed by atoms with Gasteiger partial charge in [-0.1, -0.05) is 24.3 Å². The number of Topliss-reactive ketones (excluding diaryl/α,β-unsaturated/α-hetero) is 1. The number of carbonyl (C=O) groups excluding carboxylic acids is 2. The average Bonchev–Trinajstić information content (AvgIpc) is 2.52. The lowest BCUT2D eigenvalue weighted by Crippen LogP contribution is -2.64. The molecular weight excluding hydrogens is 316 g/mol. The number of primary amides is 1. The van der Waals surface area contributed by atoms with Crippen LogP contribution in [0.4, 0.5) is 0 Å². The van der Waals surface area contributed by atoms with Gasteiger partial charge in [0.05, 0.1) is 5.60 Å². The van der Waals surface area contributed by atoms with Gasteiger partial charge in [-0.25, -0.2) is 0 Å². The number of hydrogen-bond acceptors (Lipinski definition) is 4. The van der Waals surface area contributed by atoms with Gasteiger partial charge in [0.15, 0.2) is 0 Å². The van der Waals surface area contributed by atoms with Crippen LogP contribution in [0.25, 0.3) is 0 Å². The summed E-state index contributed by atoms with van der Waals surface area (Å²) in [4.78, 5) is 22.2. The van der Waals surface area contributed by atoms with Crippen molar-refractivity contribution < 1.29 is 14.7 Å². The Morgan fingerprint density at radius 2 is 1.68 bits per heavy atom. The van der Waals surface area contributed by atoms with Crippen LogP contribution in [0.15, 0.2) is 24.3 Å². The van der Waals surface area contributed by atoms with Gasteiger partial charge in [0, 0.05) is 18.5 Å². The summed E-state index contributed by atoms with van der Waals surface area (Å²) in [6.07, 6.45) is 6.54. The van der Waals surface area contributed by atoms with Crippen molar-refractivity contribution in [3.8, 4) is 0 Å². The summed E-state index contributed by atoms with van der Waals surface area (Å²) in [5, 5.41) is 14.6. The summed E-state index contributed by atoms with van der Waals surface area (Å²) in [6, 6.07) is 7.74. The summed E-state index contributed by atoms with van der Waals surface area (Å²) < 4.78 is 0. The van der Waals surface area contributed by atoms with Crippen LogP contribution in [0.3, 0.4) is 0 Å². The molecule has 1 aromatic carbocycles. The smallest absolute Gasteiger partial charge is 0.285 e. The summed E-state index contributed by atoms with van der Waals surface area (Å²) in [6.45, 7) is 0.763. The van der Waals surface area contributed by atoms with Crippen molar-refractivity contribution in [1.82, 2.24) is 5.32 Å². The maximum absolute atomic E-state index is 11.4. The SMILES string of the molecule is NC(=O)C(=O)Cc1ccc(CNC23CC4CC(CC(O)(C4)C2)C3)cc1. The zero-order chi connectivity index (χ0) is 17.7. The molecular formula is C20H26N2O3. The van der Waals surface area contributed by atoms with E-state index < -0.39 is 17.3 Å². The second kappa shape index (κ2) is 5.92. The molecule has 4 aliphatic rings. The van der Waals surface area contributed by atoms with E-state index in [1.165, 1.54) is 19.3 Å². The summed E-state index contributed by atoms with van der Waals surface area (Å²) in [5.74, 6) is -0.111. The zero-order valence-electron chi connectivity index (χ0n) is 14.5. The Hall–Kier alpha value is -1.72. The van der Waals surface area contributed by atoms with E-state index in [2.05, 4.69) is 5.32 Å². The molecule has 1 aromatic rings. The van der Waals surface area contributed by atoms with E-state index in [-0.39, 0.29) is 12.0 Å². The third-order valence-corrected chi connectivity index (χ3v) is 6.36. The normalized spacial score (nSPS) is 35.7. The average molecular weight is 342 g/mol. The molecule has 25 heavy (non-hydrogen) atoms. The fourth-order valence-corrected chi connectivity index (χ4v) is 5.76. The quantitative estimate of drug-likeness (QED) is 0.683. The number of benzene rings is 1. The van der Waals surface area contributed by atoms with Crippen molar-refractivity contribution in [2.24, 2.45) is 17.6 Å². The van der Waals surface area contributed by atoms with Gasteiger partial charge in [0.2, 0.25) is 5.78 Å². The summed E-state index contributed by atoms with van der Waals surface area (Å²) in [7, 11) is 0. The summed E-state index contributed by atoms with van der Waals surface area (Å²) in [5.41, 5.74) is 6.58. The first-order valence-corrected chi connectivity index (χ1v) is 9.23. The van der Waals surface area contributed by atoms with Gasteiger partial charge in [-0.05, 0) is 61.5 Å². The Labute approximate surface area is 148 Å². The lowest BCUT2D eigenvalue weighted by molar-refractivity contribution is -0.142. The molecule has 4 N–H and O–H groups in total. The van der Waals surface area contributed by atoms with Crippen LogP contribution in [0, 0.1) is 11.8 Å². The molecule has 134 valence electrons. The van der Waals surface area contributed by atoms with Crippen molar-refractivity contribution in [1.29, 1.82) is 0 Å². The van der Waals surface area contributed by atoms with Crippen LogP contribution in [0.2, 0.25) is 0 Å². The molecule has 4 bridgehead atoms. The number of nitrogens with one attached hydrogen (secondary N) is 1. The van der Waals surface area contributed by atoms with Crippen LogP contribution in [-0.4, -0.2) is 27.9 Å². The maximum Gasteiger partial charge on any atom is 0.285 e. The molecule has 5 heteroatoms. The van der Waals surface area contributed by atoms with Crippen molar-refractivity contribution in [3.63, 3.8) is 0 Å². The van der Waals surface area contributed by atoms with Gasteiger partial charge in [-0.15, -0.1) is 0 Å². The molecule has 0 aromatic heterocycles. The van der Waals surface area contributed by atoms with Gasteiger partial charge in [-0.3, -0.25) is 9.59 Å². The van der Waals surface area contributed by atoms with Crippen molar-refractivity contribution in [2.75, 3.05) is 0 Å². The highest BCUT2D eigenvalue weighted by Gasteiger charge is 2.56. The highest BCUT2D eigenvalue weighted by molar-refractivity contribution is 6.35. The monoisotopic (exact) mass is 342 g/mol. The Bertz CT molecular complexity index is 683. The number of nitrogens with two attached hydrogens (primary N) is 1. The molecule has 0 saturated heterocycles. The maximum atomic E-state index is 11.4. The van der Waals surface area contributed by atoms with Crippen LogP contribution in [0.1, 0.15) is 49.7 Å². The first kappa shape index (κ1) is 16.7. The molecule has 0 radical (unpaired) electrons. The third kappa shape index (κ3) is 3.35. The molecule has 4 aliphatic carbocycles. The lowest BCUT2D eigenvalue weighted by Gasteiger charge is -2.60. The van der Waals surface area contributed by atoms with E-state index in [1.54, 1.807) is 0 Å². The number of rotatable bonds is 6. The molecule has 0 heterocycles. The summed E-state index contributed by atoms with van der Waals surface area (Å²) >= 11 is 0. The minimum Gasteiger partial charge on any atom is -0.390 e. The van der Waals surface area contributed by atoms with Crippen LogP contribution >= 0.6 is 0 Å². The van der Waals surface area contributed by atoms with Crippen molar-refractivity contribution in [3.05, 3.63) is 35.4 Å². The fourth-order valence-electron chi connectivity index (χ4n) is 5.76. The van der Waals surface area contributed by atoms with Gasteiger partial charge >= 0.3 is 0 Å². The molecule has 2 atom stereocenters. The highest BCUT2D eigenvalue weighted by atomic mass is 16.3. The second-order valence-electron chi connectivity index (χ2n) is 8.60. The number of ketones is 1. The van der Waals surface area contributed by atoms with Gasteiger partial charge < -0.3 is 16.2 Å². The molecule has 4 fully saturated rings. The topological polar surface area (TPSA) is 92.4 Å². The van der Waals surface area contributed by atoms with Gasteiger partial charge in [-0.2, -0.15) is 0 Å². The van der Waals surface area contributed by atoms with E-state index in [1.807, 2.05) is 24.3 Å². The van der Waals surface area contributed by atoms with Gasteiger partial charge in [0.25, 0.3) is 5.91 Å². The second-order valence-corrected chi connectivity index (χ2v) is 8.60. The number of hydrogen-bond donors (Lipinski definition) is 3. The van der Waals surface area contributed by atoms with Crippen LogP contribution < -0.4 is 11.1 Å². The fraction of sp³-hybridized carbons (Fsp3) is 0.600. The first-order chi connectivity index (χ1) is 11.8. The van der Waals surface area contributed by atoms with Crippen molar-refractivity contribution in [2.45, 2.75) is 62.6 Å². The van der Waals surface area contributed by atoms with E-state index in [0.717, 1.165) is 36.9 Å². The molecule has 0 aliphatic heterocycles. The Balaban J connectivity index is 1.39. The van der Waals surface area contributed by atoms with Gasteiger partial charge in [0.1, 0.15) is 0 Å². The van der Waals surface area contributed by atoms with Crippen molar-refractivity contribution >= 4 is 11.7 Å². The number of aliphatic hydroxyl groups is 1. The predicted molar refractivity (Wildman–Crippen MR) is 93.5 cm³/mol. The lowest BCUT2D eigenvalue weighted by atomic mass is 9.51. The van der Waals surface area contributed by atoms with E-state index >= 15 is 0 Å². The number of amides is 1. The standard InChI is InChI=1S/C20H26N2O3/c21-18(24)17(23)6-13-1-3-14(4-2-13)11-22-19-7-15-5-16(8-19)10-20(25,9-15)12-19/h1-4,15-16,22,25H,5-12H2,(H2,21,24). The molecule has 4 saturated carbocycles. The Morgan fingerprint density at radius 1 is 1.08 bits per heavy atom. The first-order valence-electron chi connectivity index (χ1n) is 9.23. The Kier molecular flexibility index (Phi) is 3.96. The molecule has 5 nitrogen and oxygen atoms in total. The Morgan fingerprint density at radius 3 is 2.24 bits per heavy atom. The highest BCUT2D eigenvalue weighted by Crippen LogP contribution is 2.57. The zero-order valence-corrected chi connectivity index (χ0v) is 14.5. The number of carbonyl (C=O) groups is 2. The molecule has 0 spiro atoms. The molecule has 5 rings (SSSR count). The minimum absolute atomic E-state index is 0.0589. The van der Waals surface area contributed by atoms with E-state index in [9.17, 15) is 14.7 Å². The molecule has 2 unspecified atom stereocenters. The minimum atomic E-state index is -0.884. The predicted octanol–water partition coefficient (Wildman–Crippen LogP) is 1.46. The third-order valence-electron chi connectivity index (χ3n) is 6.36. The largest absolute Gasteiger partial charge is 0.390 e.